The first-order valence-corrected chi connectivity index (χ1v) is 11.3. The number of fused-ring (bicyclic) bond motifs is 3. The maximum absolute atomic E-state index is 15.1. The molecule has 2 N–H and O–H groups in total. The van der Waals surface area contributed by atoms with Crippen LogP contribution in [0.4, 0.5) is 25.0 Å². The van der Waals surface area contributed by atoms with Crippen LogP contribution in [-0.4, -0.2) is 56.5 Å². The van der Waals surface area contributed by atoms with Gasteiger partial charge in [-0.3, -0.25) is 9.80 Å². The molecule has 0 bridgehead atoms. The Labute approximate surface area is 202 Å². The number of hydrogen-bond acceptors (Lipinski definition) is 6. The average Bonchev–Trinajstić information content (AvgIpc) is 3.27. The summed E-state index contributed by atoms with van der Waals surface area (Å²) < 4.78 is 45.7. The van der Waals surface area contributed by atoms with Crippen molar-refractivity contribution in [2.75, 3.05) is 44.3 Å². The third kappa shape index (κ3) is 4.48. The summed E-state index contributed by atoms with van der Waals surface area (Å²) in [6.45, 7) is 5.72. The summed E-state index contributed by atoms with van der Waals surface area (Å²) in [7, 11) is 4.08. The molecule has 0 fully saturated rings. The van der Waals surface area contributed by atoms with Crippen molar-refractivity contribution in [1.82, 2.24) is 15.3 Å². The molecule has 2 aromatic heterocycles. The Morgan fingerprint density at radius 1 is 1.17 bits per heavy atom. The van der Waals surface area contributed by atoms with E-state index in [0.717, 1.165) is 22.0 Å². The van der Waals surface area contributed by atoms with Crippen LogP contribution in [0.3, 0.4) is 0 Å². The zero-order chi connectivity index (χ0) is 25.3. The summed E-state index contributed by atoms with van der Waals surface area (Å²) in [4.78, 5) is 23.5. The zero-order valence-electron chi connectivity index (χ0n) is 20.4. The van der Waals surface area contributed by atoms with Crippen molar-refractivity contribution >= 4 is 28.4 Å². The van der Waals surface area contributed by atoms with Crippen molar-refractivity contribution in [3.8, 4) is 11.5 Å². The Hall–Kier alpha value is -3.44. The van der Waals surface area contributed by atoms with E-state index in [2.05, 4.69) is 15.3 Å². The third-order valence-electron chi connectivity index (χ3n) is 5.98. The highest BCUT2D eigenvalue weighted by Gasteiger charge is 2.36. The number of aromatic nitrogens is 2. The number of ether oxygens (including phenoxy) is 3. The molecule has 0 saturated carbocycles. The van der Waals surface area contributed by atoms with Crippen LogP contribution in [0.2, 0.25) is 0 Å². The fourth-order valence-electron chi connectivity index (χ4n) is 4.20. The van der Waals surface area contributed by atoms with Crippen LogP contribution in [0.15, 0.2) is 18.3 Å². The number of hydrogen-bond donors (Lipinski definition) is 2. The number of pyridine rings is 1. The Kier molecular flexibility index (Phi) is 7.08. The Bertz CT molecular complexity index is 1220. The number of benzene rings is 1. The van der Waals surface area contributed by atoms with Gasteiger partial charge < -0.3 is 24.5 Å². The van der Waals surface area contributed by atoms with Crippen molar-refractivity contribution in [2.45, 2.75) is 33.0 Å². The van der Waals surface area contributed by atoms with Gasteiger partial charge in [-0.2, -0.15) is 0 Å². The van der Waals surface area contributed by atoms with Gasteiger partial charge in [-0.15, -0.1) is 0 Å². The fourth-order valence-corrected chi connectivity index (χ4v) is 4.20. The number of carbonyl (C=O) groups excluding carboxylic acids is 1. The van der Waals surface area contributed by atoms with E-state index in [-0.39, 0.29) is 24.1 Å². The molecule has 0 radical (unpaired) electrons. The predicted octanol–water partition coefficient (Wildman–Crippen LogP) is 3.95. The number of methoxy groups -OCH3 is 2. The number of urea groups is 1. The largest absolute Gasteiger partial charge is 0.493 e. The number of rotatable bonds is 9. The monoisotopic (exact) mass is 489 g/mol. The van der Waals surface area contributed by atoms with Gasteiger partial charge in [-0.25, -0.2) is 18.6 Å². The second-order valence-corrected chi connectivity index (χ2v) is 8.32. The quantitative estimate of drug-likeness (QED) is 0.473. The van der Waals surface area contributed by atoms with Crippen molar-refractivity contribution in [1.29, 1.82) is 0 Å². The highest BCUT2D eigenvalue weighted by molar-refractivity contribution is 6.11. The molecule has 4 rings (SSSR count). The van der Waals surface area contributed by atoms with E-state index in [1.807, 2.05) is 19.9 Å². The lowest BCUT2D eigenvalue weighted by molar-refractivity contribution is 0.127. The molecule has 3 heterocycles. The second-order valence-electron chi connectivity index (χ2n) is 8.32. The molecule has 0 saturated heterocycles. The molecule has 0 unspecified atom stereocenters. The van der Waals surface area contributed by atoms with Gasteiger partial charge in [0.05, 0.1) is 33.1 Å². The van der Waals surface area contributed by atoms with Crippen LogP contribution in [-0.2, 0) is 17.8 Å². The van der Waals surface area contributed by atoms with Gasteiger partial charge >= 0.3 is 6.03 Å². The molecule has 9 nitrogen and oxygen atoms in total. The lowest BCUT2D eigenvalue weighted by Crippen LogP contribution is -2.46. The van der Waals surface area contributed by atoms with Crippen LogP contribution in [0.5, 0.6) is 11.5 Å². The first-order chi connectivity index (χ1) is 16.8. The number of H-pyrrole nitrogens is 1. The van der Waals surface area contributed by atoms with Crippen molar-refractivity contribution in [3.05, 3.63) is 41.2 Å². The number of halogens is 2. The number of carbonyl (C=O) groups is 1. The summed E-state index contributed by atoms with van der Waals surface area (Å²) in [5, 5.41) is 4.12. The van der Waals surface area contributed by atoms with Gasteiger partial charge in [-0.1, -0.05) is 0 Å². The van der Waals surface area contributed by atoms with E-state index in [9.17, 15) is 4.79 Å². The lowest BCUT2D eigenvalue weighted by atomic mass is 10.1. The predicted molar refractivity (Wildman–Crippen MR) is 128 cm³/mol. The molecule has 3 aromatic rings. The molecule has 1 aromatic carbocycles. The molecule has 0 spiro atoms. The molecule has 11 heteroatoms. The van der Waals surface area contributed by atoms with Crippen LogP contribution in [0.25, 0.3) is 11.0 Å². The Morgan fingerprint density at radius 2 is 1.86 bits per heavy atom. The van der Waals surface area contributed by atoms with Crippen LogP contribution >= 0.6 is 0 Å². The topological polar surface area (TPSA) is 92.0 Å². The summed E-state index contributed by atoms with van der Waals surface area (Å²) in [5.74, 6) is -2.42. The maximum atomic E-state index is 15.1. The van der Waals surface area contributed by atoms with E-state index >= 15 is 8.78 Å². The van der Waals surface area contributed by atoms with Crippen molar-refractivity contribution in [3.63, 3.8) is 0 Å². The molecular formula is C24H29F2N5O4. The number of amides is 2. The number of nitrogens with one attached hydrogen (secondary N) is 2. The molecule has 1 aliphatic heterocycles. The molecule has 2 amide bonds. The van der Waals surface area contributed by atoms with E-state index in [4.69, 9.17) is 14.2 Å². The smallest absolute Gasteiger partial charge is 0.329 e. The molecule has 1 aliphatic rings. The highest BCUT2D eigenvalue weighted by atomic mass is 19.1. The zero-order valence-corrected chi connectivity index (χ0v) is 20.4. The first kappa shape index (κ1) is 24.7. The molecule has 1 atom stereocenters. The van der Waals surface area contributed by atoms with Gasteiger partial charge in [-0.05, 0) is 19.9 Å². The van der Waals surface area contributed by atoms with E-state index in [1.165, 1.54) is 19.1 Å². The van der Waals surface area contributed by atoms with Crippen LogP contribution in [0.1, 0.15) is 25.1 Å². The highest BCUT2D eigenvalue weighted by Crippen LogP contribution is 2.42. The Balaban J connectivity index is 1.69. The number of anilines is 2. The standard InChI is InChI=1S/C24H29F2N5O4/c1-6-35-12-13(2)27-10-15-7-16-21-14(9-28-23(16)29-15)11-31(24(32)30(21)3)22-19(25)17(33-4)8-18(34-5)20(22)26/h7-9,13,27H,6,10-12H2,1-5H3,(H,28,29)/t13-/m1/s1. The van der Waals surface area contributed by atoms with Crippen LogP contribution < -0.4 is 24.6 Å². The minimum atomic E-state index is -0.985. The lowest BCUT2D eigenvalue weighted by Gasteiger charge is -2.35. The SMILES string of the molecule is CCOC[C@@H](C)NCc1cc2c3c(cnc2[nH]1)CN(c1c(F)c(OC)cc(OC)c1F)C(=O)N3C. The summed E-state index contributed by atoms with van der Waals surface area (Å²) in [6.07, 6.45) is 1.60. The first-order valence-electron chi connectivity index (χ1n) is 11.3. The van der Waals surface area contributed by atoms with E-state index in [0.29, 0.717) is 36.7 Å². The molecule has 188 valence electrons. The molecule has 35 heavy (non-hydrogen) atoms. The van der Waals surface area contributed by atoms with E-state index < -0.39 is 23.4 Å². The van der Waals surface area contributed by atoms with Crippen LogP contribution in [0, 0.1) is 11.6 Å². The summed E-state index contributed by atoms with van der Waals surface area (Å²) in [5.41, 5.74) is 2.25. The van der Waals surface area contributed by atoms with Crippen molar-refractivity contribution in [2.24, 2.45) is 0 Å². The van der Waals surface area contributed by atoms with Gasteiger partial charge in [0, 0.05) is 55.1 Å². The van der Waals surface area contributed by atoms with Gasteiger partial charge in [0.2, 0.25) is 0 Å². The minimum absolute atomic E-state index is 0.0736. The second kappa shape index (κ2) is 10.0. The maximum Gasteiger partial charge on any atom is 0.329 e. The normalized spacial score (nSPS) is 14.4. The average molecular weight is 490 g/mol. The third-order valence-corrected chi connectivity index (χ3v) is 5.98. The van der Waals surface area contributed by atoms with E-state index in [1.54, 1.807) is 13.2 Å². The number of aromatic amines is 1. The number of nitrogens with zero attached hydrogens (tertiary/aromatic N) is 3. The van der Waals surface area contributed by atoms with Gasteiger partial charge in [0.25, 0.3) is 0 Å². The van der Waals surface area contributed by atoms with Crippen molar-refractivity contribution < 1.29 is 27.8 Å². The Morgan fingerprint density at radius 3 is 2.49 bits per heavy atom. The molecule has 0 aliphatic carbocycles. The van der Waals surface area contributed by atoms with Gasteiger partial charge in [0.15, 0.2) is 23.1 Å². The molecular weight excluding hydrogens is 460 g/mol. The minimum Gasteiger partial charge on any atom is -0.493 e. The summed E-state index contributed by atoms with van der Waals surface area (Å²) >= 11 is 0. The summed E-state index contributed by atoms with van der Waals surface area (Å²) in [6, 6.07) is 2.60. The fraction of sp³-hybridized carbons (Fsp3) is 0.417. The van der Waals surface area contributed by atoms with Gasteiger partial charge in [0.1, 0.15) is 11.3 Å².